The Morgan fingerprint density at radius 1 is 1.19 bits per heavy atom. The van der Waals surface area contributed by atoms with Crippen LogP contribution in [0, 0.1) is 5.92 Å². The fourth-order valence-corrected chi connectivity index (χ4v) is 3.78. The zero-order valence-corrected chi connectivity index (χ0v) is 18.8. The molecule has 0 saturated carbocycles. The summed E-state index contributed by atoms with van der Waals surface area (Å²) in [6, 6.07) is 13.1. The highest BCUT2D eigenvalue weighted by Crippen LogP contribution is 2.32. The summed E-state index contributed by atoms with van der Waals surface area (Å²) in [6.45, 7) is 6.19. The minimum absolute atomic E-state index is 0.0233. The fraction of sp³-hybridized carbons (Fsp3) is 0.292. The Balaban J connectivity index is 1.58. The zero-order valence-electron chi connectivity index (χ0n) is 18.1. The van der Waals surface area contributed by atoms with E-state index in [4.69, 9.17) is 20.9 Å². The third-order valence-corrected chi connectivity index (χ3v) is 5.55. The molecule has 0 radical (unpaired) electrons. The second-order valence-electron chi connectivity index (χ2n) is 7.92. The summed E-state index contributed by atoms with van der Waals surface area (Å²) in [6.07, 6.45) is 2.51. The maximum absolute atomic E-state index is 11.4. The zero-order chi connectivity index (χ0) is 22.8. The molecular formula is C24H24ClN3O4. The Hall–Kier alpha value is -3.32. The van der Waals surface area contributed by atoms with Crippen molar-refractivity contribution in [3.63, 3.8) is 0 Å². The highest BCUT2D eigenvalue weighted by Gasteiger charge is 2.17. The van der Waals surface area contributed by atoms with Crippen molar-refractivity contribution in [1.82, 2.24) is 14.7 Å². The van der Waals surface area contributed by atoms with E-state index in [-0.39, 0.29) is 6.10 Å². The second kappa shape index (κ2) is 9.04. The normalized spacial score (nSPS) is 12.4. The summed E-state index contributed by atoms with van der Waals surface area (Å²) in [5, 5.41) is 14.9. The molecule has 0 fully saturated rings. The van der Waals surface area contributed by atoms with Crippen molar-refractivity contribution in [3.8, 4) is 28.6 Å². The van der Waals surface area contributed by atoms with Gasteiger partial charge in [-0.05, 0) is 62.7 Å². The molecule has 8 heteroatoms. The molecule has 4 aromatic rings. The molecule has 1 N–H and O–H groups in total. The third-order valence-electron chi connectivity index (χ3n) is 5.26. The van der Waals surface area contributed by atoms with Crippen molar-refractivity contribution in [2.75, 3.05) is 0 Å². The molecule has 0 bridgehead atoms. The Morgan fingerprint density at radius 2 is 1.97 bits per heavy atom. The van der Waals surface area contributed by atoms with Crippen LogP contribution in [-0.4, -0.2) is 31.9 Å². The number of halogens is 1. The summed E-state index contributed by atoms with van der Waals surface area (Å²) < 4.78 is 13.1. The van der Waals surface area contributed by atoms with Gasteiger partial charge in [-0.15, -0.1) is 0 Å². The van der Waals surface area contributed by atoms with E-state index < -0.39 is 11.9 Å². The van der Waals surface area contributed by atoms with Crippen LogP contribution in [0.15, 0.2) is 53.2 Å². The minimum atomic E-state index is -0.783. The molecule has 2 aromatic carbocycles. The first-order valence-electron chi connectivity index (χ1n) is 10.5. The highest BCUT2D eigenvalue weighted by molar-refractivity contribution is 6.32. The Morgan fingerprint density at radius 3 is 2.66 bits per heavy atom. The van der Waals surface area contributed by atoms with Crippen molar-refractivity contribution < 1.29 is 19.2 Å². The smallest absolute Gasteiger partial charge is 0.308 e. The molecule has 4 rings (SSSR count). The van der Waals surface area contributed by atoms with E-state index in [1.165, 1.54) is 0 Å². The van der Waals surface area contributed by atoms with Crippen molar-refractivity contribution in [1.29, 1.82) is 0 Å². The SMILES string of the molecule is CC[C@@H](Cn1ccc2cc(-c3noc(-c4ccc(OC(C)C)c(Cl)c4)n3)ccc21)C(=O)O. The summed E-state index contributed by atoms with van der Waals surface area (Å²) in [5.41, 5.74) is 2.47. The number of hydrogen-bond donors (Lipinski definition) is 1. The maximum Gasteiger partial charge on any atom is 0.308 e. The number of carboxylic acid groups (broad SMARTS) is 1. The number of nitrogens with zero attached hydrogens (tertiary/aromatic N) is 3. The van der Waals surface area contributed by atoms with E-state index in [0.29, 0.717) is 41.0 Å². The van der Waals surface area contributed by atoms with Crippen LogP contribution in [0.1, 0.15) is 27.2 Å². The molecule has 0 spiro atoms. The Labute approximate surface area is 190 Å². The Bertz CT molecular complexity index is 1260. The molecule has 0 amide bonds. The number of benzene rings is 2. The molecule has 7 nitrogen and oxygen atoms in total. The highest BCUT2D eigenvalue weighted by atomic mass is 35.5. The van der Waals surface area contributed by atoms with Gasteiger partial charge in [-0.2, -0.15) is 4.98 Å². The lowest BCUT2D eigenvalue weighted by molar-refractivity contribution is -0.142. The van der Waals surface area contributed by atoms with E-state index in [9.17, 15) is 9.90 Å². The van der Waals surface area contributed by atoms with Crippen molar-refractivity contribution in [2.24, 2.45) is 5.92 Å². The molecule has 0 aliphatic rings. The molecular weight excluding hydrogens is 430 g/mol. The van der Waals surface area contributed by atoms with Crippen LogP contribution < -0.4 is 4.74 Å². The fourth-order valence-electron chi connectivity index (χ4n) is 3.56. The van der Waals surface area contributed by atoms with Gasteiger partial charge in [0.05, 0.1) is 17.0 Å². The summed E-state index contributed by atoms with van der Waals surface area (Å²) in [7, 11) is 0. The lowest BCUT2D eigenvalue weighted by Gasteiger charge is -2.12. The first-order valence-corrected chi connectivity index (χ1v) is 10.9. The first kappa shape index (κ1) is 21.9. The lowest BCUT2D eigenvalue weighted by atomic mass is 10.1. The first-order chi connectivity index (χ1) is 15.4. The van der Waals surface area contributed by atoms with Gasteiger partial charge in [0.1, 0.15) is 5.75 Å². The van der Waals surface area contributed by atoms with Gasteiger partial charge in [-0.1, -0.05) is 23.7 Å². The monoisotopic (exact) mass is 453 g/mol. The van der Waals surface area contributed by atoms with E-state index in [1.807, 2.05) is 61.9 Å². The van der Waals surface area contributed by atoms with E-state index in [2.05, 4.69) is 10.1 Å². The predicted molar refractivity (Wildman–Crippen MR) is 123 cm³/mol. The molecule has 2 aromatic heterocycles. The number of aliphatic carboxylic acids is 1. The quantitative estimate of drug-likeness (QED) is 0.356. The van der Waals surface area contributed by atoms with Crippen molar-refractivity contribution in [2.45, 2.75) is 39.8 Å². The summed E-state index contributed by atoms with van der Waals surface area (Å²) in [5.74, 6) is 0.227. The predicted octanol–water partition coefficient (Wildman–Crippen LogP) is 5.91. The average molecular weight is 454 g/mol. The maximum atomic E-state index is 11.4. The van der Waals surface area contributed by atoms with E-state index in [0.717, 1.165) is 16.5 Å². The van der Waals surface area contributed by atoms with E-state index in [1.54, 1.807) is 12.1 Å². The molecule has 0 aliphatic carbocycles. The van der Waals surface area contributed by atoms with Crippen LogP contribution in [0.5, 0.6) is 5.75 Å². The number of carbonyl (C=O) groups is 1. The second-order valence-corrected chi connectivity index (χ2v) is 8.33. The van der Waals surface area contributed by atoms with Crippen LogP contribution >= 0.6 is 11.6 Å². The van der Waals surface area contributed by atoms with Gasteiger partial charge in [-0.3, -0.25) is 4.79 Å². The molecule has 0 aliphatic heterocycles. The number of aromatic nitrogens is 3. The molecule has 2 heterocycles. The molecule has 32 heavy (non-hydrogen) atoms. The van der Waals surface area contributed by atoms with Gasteiger partial charge in [0, 0.05) is 34.8 Å². The minimum Gasteiger partial charge on any atom is -0.489 e. The number of hydrogen-bond acceptors (Lipinski definition) is 5. The standard InChI is InChI=1S/C24H24ClN3O4/c1-4-15(24(29)30)13-28-10-9-16-11-17(5-7-20(16)28)22-26-23(32-27-22)18-6-8-21(19(25)12-18)31-14(2)3/h5-12,14-15H,4,13H2,1-3H3,(H,29,30)/t15-/m0/s1. The third kappa shape index (κ3) is 4.48. The molecule has 1 atom stereocenters. The number of rotatable bonds is 8. The molecule has 0 unspecified atom stereocenters. The van der Waals surface area contributed by atoms with Gasteiger partial charge < -0.3 is 18.9 Å². The molecule has 166 valence electrons. The summed E-state index contributed by atoms with van der Waals surface area (Å²) in [4.78, 5) is 15.9. The Kier molecular flexibility index (Phi) is 6.19. The number of fused-ring (bicyclic) bond motifs is 1. The van der Waals surface area contributed by atoms with Crippen LogP contribution in [0.25, 0.3) is 33.7 Å². The van der Waals surface area contributed by atoms with Gasteiger partial charge >= 0.3 is 5.97 Å². The van der Waals surface area contributed by atoms with Crippen molar-refractivity contribution in [3.05, 3.63) is 53.7 Å². The van der Waals surface area contributed by atoms with Crippen LogP contribution in [-0.2, 0) is 11.3 Å². The summed E-state index contributed by atoms with van der Waals surface area (Å²) >= 11 is 6.33. The van der Waals surface area contributed by atoms with E-state index >= 15 is 0 Å². The van der Waals surface area contributed by atoms with Crippen molar-refractivity contribution >= 4 is 28.5 Å². The van der Waals surface area contributed by atoms with Gasteiger partial charge in [0.2, 0.25) is 5.82 Å². The largest absolute Gasteiger partial charge is 0.489 e. The van der Waals surface area contributed by atoms with Gasteiger partial charge in [0.15, 0.2) is 0 Å². The topological polar surface area (TPSA) is 90.4 Å². The van der Waals surface area contributed by atoms with Gasteiger partial charge in [0.25, 0.3) is 5.89 Å². The molecule has 0 saturated heterocycles. The van der Waals surface area contributed by atoms with Crippen LogP contribution in [0.3, 0.4) is 0 Å². The average Bonchev–Trinajstić information content (AvgIpc) is 3.40. The van der Waals surface area contributed by atoms with Crippen LogP contribution in [0.2, 0.25) is 5.02 Å². The number of ether oxygens (including phenoxy) is 1. The van der Waals surface area contributed by atoms with Gasteiger partial charge in [-0.25, -0.2) is 0 Å². The van der Waals surface area contributed by atoms with Crippen LogP contribution in [0.4, 0.5) is 0 Å². The lowest BCUT2D eigenvalue weighted by Crippen LogP contribution is -2.18. The number of carboxylic acids is 1.